The summed E-state index contributed by atoms with van der Waals surface area (Å²) in [5.74, 6) is -0.525. The van der Waals surface area contributed by atoms with Gasteiger partial charge in [-0.2, -0.15) is 0 Å². The van der Waals surface area contributed by atoms with Crippen molar-refractivity contribution in [3.8, 4) is 0 Å². The minimum Gasteiger partial charge on any atom is -0.380 e. The fraction of sp³-hybridized carbons (Fsp3) is 0.700. The normalized spacial score (nSPS) is 24.0. The van der Waals surface area contributed by atoms with Crippen molar-refractivity contribution in [2.24, 2.45) is 5.92 Å². The molecule has 0 saturated carbocycles. The Morgan fingerprint density at radius 2 is 0.757 bits per heavy atom. The van der Waals surface area contributed by atoms with Gasteiger partial charge < -0.3 is 30.2 Å². The van der Waals surface area contributed by atoms with Crippen molar-refractivity contribution in [2.45, 2.75) is 120 Å². The summed E-state index contributed by atoms with van der Waals surface area (Å²) in [7, 11) is -23.5. The highest BCUT2D eigenvalue weighted by molar-refractivity contribution is 7.97. The molecule has 0 aliphatic carbocycles. The average molecular weight is 1160 g/mol. The van der Waals surface area contributed by atoms with Crippen LogP contribution in [-0.2, 0) is 73.8 Å². The van der Waals surface area contributed by atoms with Gasteiger partial charge in [-0.1, -0.05) is 20.8 Å². The van der Waals surface area contributed by atoms with Crippen LogP contribution in [0.2, 0.25) is 0 Å². The highest BCUT2D eigenvalue weighted by Crippen LogP contribution is 2.45. The van der Waals surface area contributed by atoms with Crippen molar-refractivity contribution in [1.82, 2.24) is 30.1 Å². The van der Waals surface area contributed by atoms with Crippen molar-refractivity contribution >= 4 is 93.6 Å². The van der Waals surface area contributed by atoms with Gasteiger partial charge in [0.15, 0.2) is 29.5 Å². The number of sulfonamides is 3. The van der Waals surface area contributed by atoms with E-state index in [2.05, 4.69) is 30.1 Å². The summed E-state index contributed by atoms with van der Waals surface area (Å²) in [6.45, 7) is 11.2. The van der Waals surface area contributed by atoms with Crippen LogP contribution in [0.1, 0.15) is 95.6 Å². The molecule has 6 N–H and O–H groups in total. The Morgan fingerprint density at radius 3 is 1.00 bits per heavy atom. The van der Waals surface area contributed by atoms with Crippen LogP contribution in [0, 0.1) is 5.92 Å². The van der Waals surface area contributed by atoms with E-state index < -0.39 is 81.2 Å². The number of nitrogens with one attached hydrogen (secondary N) is 6. The van der Waals surface area contributed by atoms with Crippen molar-refractivity contribution in [2.75, 3.05) is 78.9 Å². The molecule has 0 radical (unpaired) electrons. The van der Waals surface area contributed by atoms with Crippen LogP contribution >= 0.6 is 34.0 Å². The molecule has 0 fully saturated rings. The summed E-state index contributed by atoms with van der Waals surface area (Å²) < 4.78 is 183. The van der Waals surface area contributed by atoms with Gasteiger partial charge in [-0.15, -0.1) is 34.0 Å². The molecule has 21 nitrogen and oxygen atoms in total. The summed E-state index contributed by atoms with van der Waals surface area (Å²) >= 11 is 2.11. The summed E-state index contributed by atoms with van der Waals surface area (Å²) in [4.78, 5) is 0. The quantitative estimate of drug-likeness (QED) is 0.0597. The van der Waals surface area contributed by atoms with E-state index in [-0.39, 0.29) is 103 Å². The molecule has 0 bridgehead atoms. The second-order valence-electron chi connectivity index (χ2n) is 17.3. The molecule has 3 aromatic rings. The highest BCUT2D eigenvalue weighted by atomic mass is 32.3. The van der Waals surface area contributed by atoms with Crippen molar-refractivity contribution in [3.63, 3.8) is 0 Å². The first-order valence-corrected chi connectivity index (χ1v) is 34.4. The lowest BCUT2D eigenvalue weighted by Gasteiger charge is -2.27. The van der Waals surface area contributed by atoms with E-state index in [1.807, 2.05) is 20.8 Å². The molecule has 30 heteroatoms. The topological polar surface area (TPSA) is 305 Å². The molecule has 0 amide bonds. The molecule has 0 saturated heterocycles. The van der Waals surface area contributed by atoms with Gasteiger partial charge >= 0.3 is 0 Å². The Kier molecular flexibility index (Phi) is 19.4. The number of hydrogen-bond donors (Lipinski definition) is 6. The van der Waals surface area contributed by atoms with Gasteiger partial charge in [0.1, 0.15) is 25.3 Å². The van der Waals surface area contributed by atoms with E-state index in [9.17, 15) is 50.5 Å². The molecule has 70 heavy (non-hydrogen) atoms. The van der Waals surface area contributed by atoms with E-state index in [1.54, 1.807) is 20.8 Å². The lowest BCUT2D eigenvalue weighted by molar-refractivity contribution is -0.00226. The van der Waals surface area contributed by atoms with E-state index in [0.717, 1.165) is 0 Å². The molecule has 6 rings (SSSR count). The molecular weight excluding hydrogens is 1090 g/mol. The Bertz CT molecular complexity index is 2670. The fourth-order valence-electron chi connectivity index (χ4n) is 8.37. The third kappa shape index (κ3) is 12.9. The molecule has 3 aliphatic rings. The zero-order valence-corrected chi connectivity index (χ0v) is 47.0. The van der Waals surface area contributed by atoms with Gasteiger partial charge in [0.25, 0.3) is 0 Å². The van der Waals surface area contributed by atoms with Gasteiger partial charge in [0.2, 0.25) is 30.1 Å². The molecule has 0 unspecified atom stereocenters. The predicted molar refractivity (Wildman–Crippen MR) is 268 cm³/mol. The number of hydrogen-bond acceptors (Lipinski definition) is 21. The standard InChI is InChI=1S/C40H64N6O15S9/c1-7-41-32-16-25(4)65(47,48)38-29(32)19-35(62-38)68(53,54)44-10-13-59-22-28(23-60-14-11-45-69(55,56)36-20-30-33(42-8-2)17-26(5)66(49,50)39(30)63-36)24-61-15-12-46-70(57,58)37-21-31-34(43-9-3)18-27(6)67(51,52)40(31)64-37/h19-21,25-28,32-34,41-46H,7-18,22-24H2,1-6H3/t25-,26-,27-,32-,33-,34-/m0/s1. The first-order valence-electron chi connectivity index (χ1n) is 22.9. The van der Waals surface area contributed by atoms with Crippen LogP contribution in [0.5, 0.6) is 0 Å². The summed E-state index contributed by atoms with van der Waals surface area (Å²) in [5, 5.41) is 7.64. The third-order valence-corrected chi connectivity index (χ3v) is 29.6. The largest absolute Gasteiger partial charge is 0.380 e. The zero-order valence-electron chi connectivity index (χ0n) is 39.7. The summed E-state index contributed by atoms with van der Waals surface area (Å²) in [6.07, 6.45) is 0.930. The van der Waals surface area contributed by atoms with Crippen LogP contribution in [0.4, 0.5) is 0 Å². The summed E-state index contributed by atoms with van der Waals surface area (Å²) in [6, 6.07) is 3.23. The minimum absolute atomic E-state index is 0.0270. The Morgan fingerprint density at radius 1 is 0.500 bits per heavy atom. The Labute approximate surface area is 424 Å². The van der Waals surface area contributed by atoms with Gasteiger partial charge in [0.05, 0.1) is 55.4 Å². The predicted octanol–water partition coefficient (Wildman–Crippen LogP) is 2.42. The van der Waals surface area contributed by atoms with Crippen LogP contribution in [-0.4, -0.2) is 145 Å². The van der Waals surface area contributed by atoms with Gasteiger partial charge in [-0.05, 0) is 77.9 Å². The van der Waals surface area contributed by atoms with Crippen LogP contribution in [0.15, 0.2) is 43.5 Å². The molecule has 3 aromatic heterocycles. The van der Waals surface area contributed by atoms with Crippen molar-refractivity contribution < 1.29 is 64.7 Å². The molecule has 3 aliphatic heterocycles. The Hall–Kier alpha value is -1.56. The van der Waals surface area contributed by atoms with Crippen molar-refractivity contribution in [1.29, 1.82) is 0 Å². The molecule has 0 spiro atoms. The second kappa shape index (κ2) is 23.5. The third-order valence-electron chi connectivity index (χ3n) is 12.1. The fourth-order valence-corrected chi connectivity index (χ4v) is 23.5. The highest BCUT2D eigenvalue weighted by Gasteiger charge is 2.42. The van der Waals surface area contributed by atoms with E-state index in [1.165, 1.54) is 18.2 Å². The molecule has 0 aromatic carbocycles. The number of ether oxygens (including phenoxy) is 3. The van der Waals surface area contributed by atoms with Gasteiger partial charge in [-0.3, -0.25) is 0 Å². The number of sulfone groups is 3. The number of rotatable bonds is 27. The molecule has 6 atom stereocenters. The maximum atomic E-state index is 13.3. The van der Waals surface area contributed by atoms with Crippen LogP contribution < -0.4 is 30.1 Å². The lowest BCUT2D eigenvalue weighted by Crippen LogP contribution is -2.33. The maximum Gasteiger partial charge on any atom is 0.250 e. The monoisotopic (exact) mass is 1160 g/mol. The van der Waals surface area contributed by atoms with E-state index in [0.29, 0.717) is 89.6 Å². The SMILES string of the molecule is CCN[C@H]1C[C@H](C)S(=O)(=O)c2sc(S(=O)(=O)NCCOCC(COCCNS(=O)(=O)c3cc4c(s3)S(=O)(=O)[C@@H](C)C[C@@H]4NCC)COCCNS(=O)(=O)c3cc4c(s3)S(=O)(=O)[C@@H](C)C[C@@H]4NCC)cc21. The molecular formula is C40H64N6O15S9. The minimum atomic E-state index is -4.13. The molecule has 398 valence electrons. The van der Waals surface area contributed by atoms with Crippen LogP contribution in [0.3, 0.4) is 0 Å². The first kappa shape index (κ1) is 57.7. The van der Waals surface area contributed by atoms with E-state index >= 15 is 0 Å². The Balaban J connectivity index is 1.04. The summed E-state index contributed by atoms with van der Waals surface area (Å²) in [5.41, 5.74) is 1.27. The van der Waals surface area contributed by atoms with Gasteiger partial charge in [0, 0.05) is 60.4 Å². The maximum absolute atomic E-state index is 13.3. The van der Waals surface area contributed by atoms with Gasteiger partial charge in [-0.25, -0.2) is 64.7 Å². The number of fused-ring (bicyclic) bond motifs is 3. The zero-order chi connectivity index (χ0) is 51.5. The second-order valence-corrected chi connectivity index (χ2v) is 34.1. The van der Waals surface area contributed by atoms with Crippen molar-refractivity contribution in [3.05, 3.63) is 34.9 Å². The lowest BCUT2D eigenvalue weighted by atomic mass is 10.1. The first-order chi connectivity index (χ1) is 32.8. The smallest absolute Gasteiger partial charge is 0.250 e. The molecule has 6 heterocycles. The van der Waals surface area contributed by atoms with Crippen LogP contribution in [0.25, 0.3) is 0 Å². The average Bonchev–Trinajstić information content (AvgIpc) is 4.07. The van der Waals surface area contributed by atoms with E-state index in [4.69, 9.17) is 14.2 Å². The number of thiophene rings is 3.